The van der Waals surface area contributed by atoms with Gasteiger partial charge in [-0.2, -0.15) is 0 Å². The van der Waals surface area contributed by atoms with Crippen LogP contribution in [0.2, 0.25) is 0 Å². The minimum Gasteiger partial charge on any atom is -0.423 e. The molecule has 0 aliphatic heterocycles. The minimum absolute atomic E-state index is 0.00699. The third kappa shape index (κ3) is 5.14. The Balaban J connectivity index is 1.45. The fourth-order valence-electron chi connectivity index (χ4n) is 4.18. The molecule has 1 aliphatic carbocycles. The van der Waals surface area contributed by atoms with Gasteiger partial charge in [0.15, 0.2) is 17.5 Å². The zero-order chi connectivity index (χ0) is 24.2. The second-order valence-electron chi connectivity index (χ2n) is 8.36. The number of benzene rings is 3. The Morgan fingerprint density at radius 3 is 2.41 bits per heavy atom. The quantitative estimate of drug-likeness (QED) is 0.101. The first-order valence-corrected chi connectivity index (χ1v) is 11.1. The molecular weight excluding hydrogens is 444 g/mol. The van der Waals surface area contributed by atoms with E-state index in [2.05, 4.69) is 24.0 Å². The van der Waals surface area contributed by atoms with Crippen LogP contribution in [-0.2, 0) is 0 Å². The first-order valence-electron chi connectivity index (χ1n) is 11.1. The first-order chi connectivity index (χ1) is 16.4. The van der Waals surface area contributed by atoms with Crippen molar-refractivity contribution in [2.75, 3.05) is 0 Å². The lowest BCUT2D eigenvalue weighted by molar-refractivity contribution is 0.0730. The highest BCUT2D eigenvalue weighted by Gasteiger charge is 2.19. The Morgan fingerprint density at radius 2 is 1.71 bits per heavy atom. The predicted octanol–water partition coefficient (Wildman–Crippen LogP) is 7.35. The fraction of sp³-hybridized carbons (Fsp3) is 0.250. The number of ether oxygens (including phenoxy) is 1. The number of rotatable bonds is 3. The number of carbonyl (C=O) groups excluding carboxylic acids is 1. The molecule has 0 unspecified atom stereocenters. The van der Waals surface area contributed by atoms with E-state index >= 15 is 0 Å². The van der Waals surface area contributed by atoms with Gasteiger partial charge >= 0.3 is 5.97 Å². The monoisotopic (exact) mass is 466 g/mol. The number of allylic oxidation sites excluding steroid dienone is 2. The summed E-state index contributed by atoms with van der Waals surface area (Å²) < 4.78 is 60.5. The van der Waals surface area contributed by atoms with Crippen molar-refractivity contribution in [2.45, 2.75) is 32.6 Å². The van der Waals surface area contributed by atoms with Gasteiger partial charge in [-0.1, -0.05) is 24.0 Å². The van der Waals surface area contributed by atoms with E-state index in [1.165, 1.54) is 24.3 Å². The molecule has 0 saturated heterocycles. The molecule has 0 amide bonds. The molecule has 0 N–H and O–H groups in total. The van der Waals surface area contributed by atoms with Crippen molar-refractivity contribution in [3.63, 3.8) is 0 Å². The van der Waals surface area contributed by atoms with Crippen LogP contribution in [-0.4, -0.2) is 5.97 Å². The van der Waals surface area contributed by atoms with E-state index in [1.807, 2.05) is 6.92 Å². The van der Waals surface area contributed by atoms with Gasteiger partial charge in [0.1, 0.15) is 11.6 Å². The molecule has 6 heteroatoms. The Kier molecular flexibility index (Phi) is 7.02. The van der Waals surface area contributed by atoms with E-state index in [0.29, 0.717) is 11.5 Å². The highest BCUT2D eigenvalue weighted by Crippen LogP contribution is 2.29. The zero-order valence-corrected chi connectivity index (χ0v) is 18.5. The van der Waals surface area contributed by atoms with Crippen LogP contribution in [0.1, 0.15) is 48.5 Å². The SMILES string of the molecule is C/C=C/C1CCC(C#Cc2ccc(C(=O)Oc3ccc4c(F)c(F)c(F)cc4c3)c(F)c2)CC1. The van der Waals surface area contributed by atoms with E-state index in [4.69, 9.17) is 4.74 Å². The van der Waals surface area contributed by atoms with Gasteiger partial charge in [-0.05, 0) is 86.4 Å². The number of halogens is 4. The van der Waals surface area contributed by atoms with E-state index < -0.39 is 29.2 Å². The van der Waals surface area contributed by atoms with Crippen molar-refractivity contribution in [3.05, 3.63) is 89.0 Å². The predicted molar refractivity (Wildman–Crippen MR) is 122 cm³/mol. The summed E-state index contributed by atoms with van der Waals surface area (Å²) >= 11 is 0. The first kappa shape index (κ1) is 23.6. The average Bonchev–Trinajstić information content (AvgIpc) is 2.82. The molecule has 0 aromatic heterocycles. The number of hydrogen-bond acceptors (Lipinski definition) is 2. The van der Waals surface area contributed by atoms with Crippen molar-refractivity contribution in [1.29, 1.82) is 0 Å². The van der Waals surface area contributed by atoms with Gasteiger partial charge in [0.25, 0.3) is 0 Å². The summed E-state index contributed by atoms with van der Waals surface area (Å²) in [4.78, 5) is 12.4. The maximum Gasteiger partial charge on any atom is 0.346 e. The Hall–Kier alpha value is -3.59. The van der Waals surface area contributed by atoms with Crippen LogP contribution < -0.4 is 4.74 Å². The average molecular weight is 466 g/mol. The lowest BCUT2D eigenvalue weighted by atomic mass is 9.82. The Bertz CT molecular complexity index is 1330. The summed E-state index contributed by atoms with van der Waals surface area (Å²) in [7, 11) is 0. The summed E-state index contributed by atoms with van der Waals surface area (Å²) in [5, 5.41) is -0.157. The molecule has 34 heavy (non-hydrogen) atoms. The van der Waals surface area contributed by atoms with Crippen molar-refractivity contribution >= 4 is 16.7 Å². The number of fused-ring (bicyclic) bond motifs is 1. The van der Waals surface area contributed by atoms with Gasteiger partial charge in [0.2, 0.25) is 0 Å². The molecule has 3 aromatic rings. The molecule has 1 saturated carbocycles. The van der Waals surface area contributed by atoms with Crippen LogP contribution in [0.15, 0.2) is 54.6 Å². The third-order valence-corrected chi connectivity index (χ3v) is 6.00. The Morgan fingerprint density at radius 1 is 0.941 bits per heavy atom. The van der Waals surface area contributed by atoms with Crippen molar-refractivity contribution in [1.82, 2.24) is 0 Å². The number of carbonyl (C=O) groups is 1. The zero-order valence-electron chi connectivity index (χ0n) is 18.5. The molecule has 0 heterocycles. The van der Waals surface area contributed by atoms with E-state index in [-0.39, 0.29) is 28.0 Å². The van der Waals surface area contributed by atoms with E-state index in [9.17, 15) is 22.4 Å². The van der Waals surface area contributed by atoms with Gasteiger partial charge in [0, 0.05) is 16.9 Å². The van der Waals surface area contributed by atoms with Gasteiger partial charge < -0.3 is 4.74 Å². The summed E-state index contributed by atoms with van der Waals surface area (Å²) in [5.41, 5.74) is 0.164. The minimum atomic E-state index is -1.58. The lowest BCUT2D eigenvalue weighted by Gasteiger charge is -2.22. The lowest BCUT2D eigenvalue weighted by Crippen LogP contribution is -2.11. The molecule has 4 rings (SSSR count). The molecule has 1 aliphatic rings. The highest BCUT2D eigenvalue weighted by atomic mass is 19.2. The summed E-state index contributed by atoms with van der Waals surface area (Å²) in [5.74, 6) is 0.985. The van der Waals surface area contributed by atoms with Crippen molar-refractivity contribution in [2.24, 2.45) is 11.8 Å². The van der Waals surface area contributed by atoms with Gasteiger partial charge in [-0.3, -0.25) is 0 Å². The summed E-state index contributed by atoms with van der Waals surface area (Å²) in [6, 6.07) is 8.39. The van der Waals surface area contributed by atoms with Crippen molar-refractivity contribution < 1.29 is 27.1 Å². The van der Waals surface area contributed by atoms with Crippen LogP contribution >= 0.6 is 0 Å². The topological polar surface area (TPSA) is 26.3 Å². The standard InChI is InChI=1S/C28H22F4O2/c1-2-3-17-4-6-18(7-5-17)8-9-19-10-12-23(24(29)14-19)28(33)34-21-11-13-22-20(15-21)16-25(30)27(32)26(22)31/h2-3,10-18H,4-7H2,1H3/b3-2+. The van der Waals surface area contributed by atoms with Crippen LogP contribution in [0.3, 0.4) is 0 Å². The molecule has 0 atom stereocenters. The molecule has 0 radical (unpaired) electrons. The molecular formula is C28H22F4O2. The molecule has 174 valence electrons. The van der Waals surface area contributed by atoms with Crippen molar-refractivity contribution in [3.8, 4) is 17.6 Å². The highest BCUT2D eigenvalue weighted by molar-refractivity contribution is 5.92. The second-order valence-corrected chi connectivity index (χ2v) is 8.36. The molecule has 0 spiro atoms. The second kappa shape index (κ2) is 10.1. The number of hydrogen-bond donors (Lipinski definition) is 0. The van der Waals surface area contributed by atoms with Gasteiger partial charge in [0.05, 0.1) is 5.56 Å². The smallest absolute Gasteiger partial charge is 0.346 e. The van der Waals surface area contributed by atoms with E-state index in [1.54, 1.807) is 6.07 Å². The number of esters is 1. The molecule has 0 bridgehead atoms. The summed E-state index contributed by atoms with van der Waals surface area (Å²) in [6.07, 6.45) is 8.48. The molecule has 3 aromatic carbocycles. The third-order valence-electron chi connectivity index (χ3n) is 6.00. The van der Waals surface area contributed by atoms with Crippen LogP contribution in [0, 0.1) is 46.9 Å². The maximum atomic E-state index is 14.6. The molecule has 1 fully saturated rings. The van der Waals surface area contributed by atoms with Gasteiger partial charge in [-0.25, -0.2) is 22.4 Å². The van der Waals surface area contributed by atoms with Crippen LogP contribution in [0.5, 0.6) is 5.75 Å². The normalized spacial score (nSPS) is 18.0. The summed E-state index contributed by atoms with van der Waals surface area (Å²) in [6.45, 7) is 2.02. The van der Waals surface area contributed by atoms with Crippen LogP contribution in [0.25, 0.3) is 10.8 Å². The van der Waals surface area contributed by atoms with Gasteiger partial charge in [-0.15, -0.1) is 0 Å². The fourth-order valence-corrected chi connectivity index (χ4v) is 4.18. The largest absolute Gasteiger partial charge is 0.423 e. The maximum absolute atomic E-state index is 14.6. The van der Waals surface area contributed by atoms with Crippen LogP contribution in [0.4, 0.5) is 17.6 Å². The Labute approximate surface area is 195 Å². The van der Waals surface area contributed by atoms with E-state index in [0.717, 1.165) is 37.8 Å². The molecule has 2 nitrogen and oxygen atoms in total.